The van der Waals surface area contributed by atoms with Crippen LogP contribution in [0.3, 0.4) is 0 Å². The number of nitrogens with one attached hydrogen (secondary N) is 1. The van der Waals surface area contributed by atoms with E-state index in [0.29, 0.717) is 30.3 Å². The van der Waals surface area contributed by atoms with Crippen LogP contribution >= 0.6 is 11.8 Å². The maximum Gasteiger partial charge on any atom is 0.326 e. The van der Waals surface area contributed by atoms with Gasteiger partial charge >= 0.3 is 11.9 Å². The lowest BCUT2D eigenvalue weighted by atomic mass is 10.0. The molecule has 2 amide bonds. The number of nitrogens with zero attached hydrogens (tertiary/aromatic N) is 2. The highest BCUT2D eigenvalue weighted by molar-refractivity contribution is 7.98. The highest BCUT2D eigenvalue weighted by Crippen LogP contribution is 2.20. The average Bonchev–Trinajstić information content (AvgIpc) is 3.12. The first-order chi connectivity index (χ1) is 23.8. The van der Waals surface area contributed by atoms with Crippen LogP contribution < -0.4 is 21.7 Å². The molecule has 0 saturated heterocycles. The quantitative estimate of drug-likeness (QED) is 0.0689. The zero-order chi connectivity index (χ0) is 35.4. The number of rotatable bonds is 20. The van der Waals surface area contributed by atoms with E-state index >= 15 is 0 Å². The van der Waals surface area contributed by atoms with Gasteiger partial charge in [-0.05, 0) is 38.0 Å². The number of esters is 2. The molecule has 0 bridgehead atoms. The second-order valence-corrected chi connectivity index (χ2v) is 11.8. The van der Waals surface area contributed by atoms with Crippen molar-refractivity contribution in [2.75, 3.05) is 43.6 Å². The molecule has 3 rings (SSSR count). The summed E-state index contributed by atoms with van der Waals surface area (Å²) in [6, 6.07) is 24.2. The zero-order valence-electron chi connectivity index (χ0n) is 27.9. The van der Waals surface area contributed by atoms with Gasteiger partial charge in [-0.25, -0.2) is 0 Å². The minimum absolute atomic E-state index is 0.0435. The maximum atomic E-state index is 14.0. The number of carbonyl (C=O) groups is 4. The summed E-state index contributed by atoms with van der Waals surface area (Å²) >= 11 is 1.44. The lowest BCUT2D eigenvalue weighted by molar-refractivity contribution is -0.145. The van der Waals surface area contributed by atoms with Gasteiger partial charge in [-0.3, -0.25) is 24.1 Å². The summed E-state index contributed by atoms with van der Waals surface area (Å²) in [5.41, 5.74) is 15.3. The van der Waals surface area contributed by atoms with E-state index in [1.165, 1.54) is 16.7 Å². The molecule has 0 unspecified atom stereocenters. The van der Waals surface area contributed by atoms with E-state index in [1.807, 2.05) is 54.6 Å². The average molecular weight is 692 g/mol. The number of thioether (sulfide) groups is 1. The SMILES string of the molecule is CCOC(=O)CN(C(=O)[C@H](CSCc1ccc(C(=NOCCN)c2ccccc2)cc1)NC(=O)CC[C@H](N)C(=O)OCC)c1ccccc1. The largest absolute Gasteiger partial charge is 0.465 e. The van der Waals surface area contributed by atoms with Gasteiger partial charge in [0.2, 0.25) is 5.91 Å². The summed E-state index contributed by atoms with van der Waals surface area (Å²) in [6.45, 7) is 4.00. The number of amides is 2. The smallest absolute Gasteiger partial charge is 0.326 e. The van der Waals surface area contributed by atoms with Crippen LogP contribution in [-0.2, 0) is 39.2 Å². The van der Waals surface area contributed by atoms with Crippen molar-refractivity contribution >= 4 is 46.9 Å². The molecule has 2 atom stereocenters. The molecule has 262 valence electrons. The molecule has 5 N–H and O–H groups in total. The Kier molecular flexibility index (Phi) is 16.8. The van der Waals surface area contributed by atoms with E-state index in [1.54, 1.807) is 44.2 Å². The van der Waals surface area contributed by atoms with Crippen LogP contribution in [0, 0.1) is 0 Å². The van der Waals surface area contributed by atoms with Crippen molar-refractivity contribution in [1.82, 2.24) is 5.32 Å². The number of carbonyl (C=O) groups excluding carboxylic acids is 4. The zero-order valence-corrected chi connectivity index (χ0v) is 28.7. The van der Waals surface area contributed by atoms with Crippen molar-refractivity contribution in [2.24, 2.45) is 16.6 Å². The first-order valence-electron chi connectivity index (χ1n) is 16.1. The monoisotopic (exact) mass is 691 g/mol. The summed E-state index contributed by atoms with van der Waals surface area (Å²) in [6.07, 6.45) is -0.0543. The molecule has 3 aromatic rings. The Balaban J connectivity index is 1.77. The van der Waals surface area contributed by atoms with Gasteiger partial charge in [0.1, 0.15) is 30.9 Å². The Morgan fingerprint density at radius 3 is 2.14 bits per heavy atom. The molecule has 0 aliphatic heterocycles. The number of nitrogens with two attached hydrogens (primary N) is 2. The van der Waals surface area contributed by atoms with E-state index in [9.17, 15) is 19.2 Å². The molecule has 13 heteroatoms. The molecular formula is C36H45N5O7S. The molecule has 0 aliphatic carbocycles. The summed E-state index contributed by atoms with van der Waals surface area (Å²) in [4.78, 5) is 58.2. The van der Waals surface area contributed by atoms with Crippen molar-refractivity contribution in [3.05, 3.63) is 102 Å². The number of hydrogen-bond donors (Lipinski definition) is 3. The topological polar surface area (TPSA) is 176 Å². The molecular weight excluding hydrogens is 646 g/mol. The molecule has 12 nitrogen and oxygen atoms in total. The predicted molar refractivity (Wildman–Crippen MR) is 191 cm³/mol. The summed E-state index contributed by atoms with van der Waals surface area (Å²) in [5, 5.41) is 7.12. The molecule has 0 spiro atoms. The fraction of sp³-hybridized carbons (Fsp3) is 0.361. The van der Waals surface area contributed by atoms with Crippen LogP contribution in [-0.4, -0.2) is 80.2 Å². The van der Waals surface area contributed by atoms with E-state index in [2.05, 4.69) is 10.5 Å². The molecule has 0 heterocycles. The molecule has 0 radical (unpaired) electrons. The van der Waals surface area contributed by atoms with Crippen molar-refractivity contribution in [2.45, 2.75) is 44.5 Å². The minimum Gasteiger partial charge on any atom is -0.465 e. The van der Waals surface area contributed by atoms with Crippen molar-refractivity contribution in [1.29, 1.82) is 0 Å². The van der Waals surface area contributed by atoms with Crippen LogP contribution in [0.4, 0.5) is 5.69 Å². The number of para-hydroxylation sites is 1. The van der Waals surface area contributed by atoms with Crippen LogP contribution in [0.5, 0.6) is 0 Å². The Labute approximate surface area is 291 Å². The lowest BCUT2D eigenvalue weighted by Gasteiger charge is -2.27. The fourth-order valence-electron chi connectivity index (χ4n) is 4.61. The minimum atomic E-state index is -0.998. The van der Waals surface area contributed by atoms with Gasteiger partial charge in [0.05, 0.1) is 13.2 Å². The first-order valence-corrected chi connectivity index (χ1v) is 17.3. The van der Waals surface area contributed by atoms with Crippen LogP contribution in [0.2, 0.25) is 0 Å². The number of hydrogen-bond acceptors (Lipinski definition) is 11. The summed E-state index contributed by atoms with van der Waals surface area (Å²) in [5.74, 6) is -1.39. The van der Waals surface area contributed by atoms with Gasteiger partial charge in [0.25, 0.3) is 5.91 Å². The second kappa shape index (κ2) is 21.3. The number of ether oxygens (including phenoxy) is 2. The Morgan fingerprint density at radius 1 is 0.878 bits per heavy atom. The van der Waals surface area contributed by atoms with Gasteiger partial charge in [-0.2, -0.15) is 11.8 Å². The Morgan fingerprint density at radius 2 is 1.51 bits per heavy atom. The van der Waals surface area contributed by atoms with Crippen LogP contribution in [0.25, 0.3) is 0 Å². The molecule has 3 aromatic carbocycles. The first kappa shape index (κ1) is 38.7. The maximum absolute atomic E-state index is 14.0. The fourth-order valence-corrected chi connectivity index (χ4v) is 5.62. The van der Waals surface area contributed by atoms with Gasteiger partial charge < -0.3 is 31.1 Å². The normalized spacial score (nSPS) is 12.4. The summed E-state index contributed by atoms with van der Waals surface area (Å²) < 4.78 is 10.1. The van der Waals surface area contributed by atoms with Gasteiger partial charge in [0, 0.05) is 41.3 Å². The third-order valence-corrected chi connectivity index (χ3v) is 8.13. The number of anilines is 1. The molecule has 0 fully saturated rings. The highest BCUT2D eigenvalue weighted by Gasteiger charge is 2.29. The van der Waals surface area contributed by atoms with E-state index in [-0.39, 0.29) is 38.4 Å². The van der Waals surface area contributed by atoms with Crippen LogP contribution in [0.1, 0.15) is 43.4 Å². The van der Waals surface area contributed by atoms with Gasteiger partial charge in [0.15, 0.2) is 0 Å². The third kappa shape index (κ3) is 13.0. The highest BCUT2D eigenvalue weighted by atomic mass is 32.2. The van der Waals surface area contributed by atoms with E-state index < -0.39 is 35.8 Å². The Bertz CT molecular complexity index is 1510. The third-order valence-electron chi connectivity index (χ3n) is 7.02. The van der Waals surface area contributed by atoms with Gasteiger partial charge in [-0.15, -0.1) is 0 Å². The lowest BCUT2D eigenvalue weighted by Crippen LogP contribution is -2.52. The predicted octanol–water partition coefficient (Wildman–Crippen LogP) is 3.40. The molecule has 0 aliphatic rings. The van der Waals surface area contributed by atoms with Crippen molar-refractivity contribution in [3.8, 4) is 0 Å². The standard InChI is InChI=1S/C36H45N5O7S/c1-3-46-33(43)23-41(29-13-9-6-10-14-29)35(44)31(39-32(42)20-19-30(38)36(45)47-4-2)25-49-24-26-15-17-28(18-16-26)34(40-48-22-21-37)27-11-7-5-8-12-27/h5-18,30-31H,3-4,19-25,37-38H2,1-2H3,(H,39,42)/t30-,31-/m0/s1. The second-order valence-electron chi connectivity index (χ2n) is 10.7. The molecule has 0 saturated carbocycles. The number of oxime groups is 1. The molecule has 0 aromatic heterocycles. The van der Waals surface area contributed by atoms with Crippen molar-refractivity contribution < 1.29 is 33.5 Å². The van der Waals surface area contributed by atoms with Gasteiger partial charge in [-0.1, -0.05) is 78.0 Å². The van der Waals surface area contributed by atoms with Crippen molar-refractivity contribution in [3.63, 3.8) is 0 Å². The Hall–Kier alpha value is -4.72. The van der Waals surface area contributed by atoms with E-state index in [0.717, 1.165) is 16.7 Å². The summed E-state index contributed by atoms with van der Waals surface area (Å²) in [7, 11) is 0. The molecule has 49 heavy (non-hydrogen) atoms. The number of benzene rings is 3. The van der Waals surface area contributed by atoms with E-state index in [4.69, 9.17) is 25.8 Å². The van der Waals surface area contributed by atoms with Crippen LogP contribution in [0.15, 0.2) is 90.1 Å².